The van der Waals surface area contributed by atoms with E-state index in [0.29, 0.717) is 16.6 Å². The molecule has 0 atom stereocenters. The van der Waals surface area contributed by atoms with Crippen molar-refractivity contribution < 1.29 is 13.9 Å². The van der Waals surface area contributed by atoms with Gasteiger partial charge in [-0.15, -0.1) is 0 Å². The Morgan fingerprint density at radius 3 is 2.11 bits per heavy atom. The largest absolute Gasteiger partial charge is 0.464 e. The first kappa shape index (κ1) is 16.9. The van der Waals surface area contributed by atoms with Crippen LogP contribution in [0.15, 0.2) is 78.9 Å². The molecule has 0 amide bonds. The lowest BCUT2D eigenvalue weighted by atomic mass is 9.94. The maximum absolute atomic E-state index is 14.1. The molecular formula is C23H16FNO2. The first-order valence-electron chi connectivity index (χ1n) is 8.51. The van der Waals surface area contributed by atoms with Gasteiger partial charge in [0.2, 0.25) is 0 Å². The molecule has 0 aliphatic rings. The summed E-state index contributed by atoms with van der Waals surface area (Å²) in [5.74, 6) is -0.886. The molecule has 0 aliphatic heterocycles. The fraction of sp³-hybridized carbons (Fsp3) is 0.0435. The second kappa shape index (κ2) is 7.00. The topological polar surface area (TPSA) is 39.2 Å². The van der Waals surface area contributed by atoms with E-state index < -0.39 is 5.97 Å². The second-order valence-electron chi connectivity index (χ2n) is 6.10. The van der Waals surface area contributed by atoms with E-state index in [0.717, 1.165) is 16.5 Å². The third kappa shape index (κ3) is 3.06. The Balaban J connectivity index is 2.15. The molecular weight excluding hydrogens is 341 g/mol. The summed E-state index contributed by atoms with van der Waals surface area (Å²) >= 11 is 0. The Hall–Kier alpha value is -3.53. The van der Waals surface area contributed by atoms with Crippen LogP contribution in [0.5, 0.6) is 0 Å². The van der Waals surface area contributed by atoms with Crippen LogP contribution in [-0.2, 0) is 4.74 Å². The third-order valence-corrected chi connectivity index (χ3v) is 4.45. The molecule has 0 aliphatic carbocycles. The van der Waals surface area contributed by atoms with Crippen molar-refractivity contribution in [3.63, 3.8) is 0 Å². The van der Waals surface area contributed by atoms with E-state index in [1.807, 2.05) is 60.7 Å². The van der Waals surface area contributed by atoms with E-state index >= 15 is 0 Å². The maximum atomic E-state index is 14.1. The van der Waals surface area contributed by atoms with Gasteiger partial charge < -0.3 is 4.74 Å². The van der Waals surface area contributed by atoms with Gasteiger partial charge in [0.25, 0.3) is 0 Å². The number of esters is 1. The normalized spacial score (nSPS) is 10.7. The molecule has 3 aromatic carbocycles. The zero-order valence-electron chi connectivity index (χ0n) is 14.6. The monoisotopic (exact) mass is 357 g/mol. The Bertz CT molecular complexity index is 1130. The number of ether oxygens (including phenoxy) is 1. The fourth-order valence-electron chi connectivity index (χ4n) is 3.24. The van der Waals surface area contributed by atoms with Gasteiger partial charge in [0.05, 0.1) is 12.8 Å². The van der Waals surface area contributed by atoms with Gasteiger partial charge in [-0.2, -0.15) is 0 Å². The van der Waals surface area contributed by atoms with Gasteiger partial charge in [0.1, 0.15) is 5.82 Å². The molecule has 1 heterocycles. The molecule has 27 heavy (non-hydrogen) atoms. The number of methoxy groups -OCH3 is 1. The fourth-order valence-corrected chi connectivity index (χ4v) is 3.24. The first-order chi connectivity index (χ1) is 13.2. The number of carbonyl (C=O) groups is 1. The number of halogens is 1. The number of hydrogen-bond acceptors (Lipinski definition) is 3. The van der Waals surface area contributed by atoms with Crippen molar-refractivity contribution in [1.29, 1.82) is 0 Å². The van der Waals surface area contributed by atoms with E-state index in [-0.39, 0.29) is 11.5 Å². The average Bonchev–Trinajstić information content (AvgIpc) is 2.73. The van der Waals surface area contributed by atoms with Crippen LogP contribution >= 0.6 is 0 Å². The van der Waals surface area contributed by atoms with Crippen molar-refractivity contribution in [2.45, 2.75) is 0 Å². The summed E-state index contributed by atoms with van der Waals surface area (Å²) in [6.07, 6.45) is 0. The summed E-state index contributed by atoms with van der Waals surface area (Å²) in [5, 5.41) is 1.39. The molecule has 4 rings (SSSR count). The molecule has 4 heteroatoms. The molecule has 0 unspecified atom stereocenters. The molecule has 0 fully saturated rings. The summed E-state index contributed by atoms with van der Waals surface area (Å²) in [4.78, 5) is 17.2. The number of rotatable bonds is 3. The predicted octanol–water partition coefficient (Wildman–Crippen LogP) is 5.49. The highest BCUT2D eigenvalue weighted by atomic mass is 19.1. The number of carbonyl (C=O) groups excluding carboxylic acids is 1. The number of nitrogens with zero attached hydrogens (tertiary/aromatic N) is 1. The van der Waals surface area contributed by atoms with Crippen molar-refractivity contribution in [3.05, 3.63) is 90.4 Å². The van der Waals surface area contributed by atoms with Crippen molar-refractivity contribution in [2.75, 3.05) is 7.11 Å². The predicted molar refractivity (Wildman–Crippen MR) is 104 cm³/mol. The molecule has 0 saturated heterocycles. The van der Waals surface area contributed by atoms with Gasteiger partial charge in [-0.05, 0) is 23.1 Å². The van der Waals surface area contributed by atoms with Gasteiger partial charge in [0, 0.05) is 16.5 Å². The number of hydrogen-bond donors (Lipinski definition) is 0. The van der Waals surface area contributed by atoms with Gasteiger partial charge in [-0.25, -0.2) is 14.2 Å². The van der Waals surface area contributed by atoms with E-state index in [4.69, 9.17) is 4.74 Å². The Morgan fingerprint density at radius 2 is 1.48 bits per heavy atom. The van der Waals surface area contributed by atoms with Gasteiger partial charge in [-0.1, -0.05) is 66.7 Å². The minimum Gasteiger partial charge on any atom is -0.464 e. The van der Waals surface area contributed by atoms with Gasteiger partial charge >= 0.3 is 5.97 Å². The highest BCUT2D eigenvalue weighted by Gasteiger charge is 2.22. The number of aromatic nitrogens is 1. The van der Waals surface area contributed by atoms with Crippen LogP contribution in [0.25, 0.3) is 33.2 Å². The molecule has 0 N–H and O–H groups in total. The maximum Gasteiger partial charge on any atom is 0.357 e. The van der Waals surface area contributed by atoms with Crippen LogP contribution in [0, 0.1) is 5.82 Å². The average molecular weight is 357 g/mol. The minimum atomic E-state index is -0.530. The van der Waals surface area contributed by atoms with Crippen LogP contribution in [0.4, 0.5) is 4.39 Å². The van der Waals surface area contributed by atoms with Crippen molar-refractivity contribution in [2.24, 2.45) is 0 Å². The lowest BCUT2D eigenvalue weighted by Gasteiger charge is -2.15. The minimum absolute atomic E-state index is 0.210. The van der Waals surface area contributed by atoms with Crippen LogP contribution in [0.3, 0.4) is 0 Å². The van der Waals surface area contributed by atoms with Crippen LogP contribution < -0.4 is 0 Å². The second-order valence-corrected chi connectivity index (χ2v) is 6.10. The highest BCUT2D eigenvalue weighted by molar-refractivity contribution is 6.10. The van der Waals surface area contributed by atoms with Crippen LogP contribution in [0.2, 0.25) is 0 Å². The number of benzene rings is 3. The Kier molecular flexibility index (Phi) is 4.38. The third-order valence-electron chi connectivity index (χ3n) is 4.45. The Labute approximate surface area is 156 Å². The van der Waals surface area contributed by atoms with Crippen LogP contribution in [0.1, 0.15) is 10.5 Å². The molecule has 132 valence electrons. The molecule has 3 nitrogen and oxygen atoms in total. The summed E-state index contributed by atoms with van der Waals surface area (Å²) in [6.45, 7) is 0. The van der Waals surface area contributed by atoms with Gasteiger partial charge in [-0.3, -0.25) is 0 Å². The lowest BCUT2D eigenvalue weighted by molar-refractivity contribution is 0.0595. The first-order valence-corrected chi connectivity index (χ1v) is 8.51. The smallest absolute Gasteiger partial charge is 0.357 e. The number of pyridine rings is 1. The molecule has 1 aromatic heterocycles. The van der Waals surface area contributed by atoms with Gasteiger partial charge in [0.15, 0.2) is 5.69 Å². The highest BCUT2D eigenvalue weighted by Crippen LogP contribution is 2.37. The number of fused-ring (bicyclic) bond motifs is 1. The summed E-state index contributed by atoms with van der Waals surface area (Å²) in [6, 6.07) is 23.4. The van der Waals surface area contributed by atoms with Crippen molar-refractivity contribution in [1.82, 2.24) is 4.98 Å². The van der Waals surface area contributed by atoms with E-state index in [2.05, 4.69) is 4.98 Å². The summed E-state index contributed by atoms with van der Waals surface area (Å²) in [7, 11) is 1.33. The summed E-state index contributed by atoms with van der Waals surface area (Å²) in [5.41, 5.74) is 3.02. The molecule has 0 spiro atoms. The Morgan fingerprint density at radius 1 is 0.852 bits per heavy atom. The SMILES string of the molecule is COC(=O)c1nc(-c2ccccc2)c2cc(F)ccc2c1-c1ccccc1. The van der Waals surface area contributed by atoms with Crippen molar-refractivity contribution >= 4 is 16.7 Å². The molecule has 4 aromatic rings. The van der Waals surface area contributed by atoms with E-state index in [9.17, 15) is 9.18 Å². The quantitative estimate of drug-likeness (QED) is 0.455. The molecule has 0 saturated carbocycles. The van der Waals surface area contributed by atoms with Crippen LogP contribution in [-0.4, -0.2) is 18.1 Å². The van der Waals surface area contributed by atoms with E-state index in [1.165, 1.54) is 19.2 Å². The molecule has 0 bridgehead atoms. The molecule has 0 radical (unpaired) electrons. The van der Waals surface area contributed by atoms with E-state index in [1.54, 1.807) is 6.07 Å². The zero-order valence-corrected chi connectivity index (χ0v) is 14.6. The zero-order chi connectivity index (χ0) is 18.8. The summed E-state index contributed by atoms with van der Waals surface area (Å²) < 4.78 is 19.1. The standard InChI is InChI=1S/C23H16FNO2/c1-27-23(26)22-20(15-8-4-2-5-9-15)18-13-12-17(24)14-19(18)21(25-22)16-10-6-3-7-11-16/h2-14H,1H3. The lowest BCUT2D eigenvalue weighted by Crippen LogP contribution is -2.09. The van der Waals surface area contributed by atoms with Crippen molar-refractivity contribution in [3.8, 4) is 22.4 Å².